The van der Waals surface area contributed by atoms with Crippen LogP contribution in [0.15, 0.2) is 30.6 Å². The number of carbonyl (C=O) groups excluding carboxylic acids is 1. The molecule has 0 saturated heterocycles. The van der Waals surface area contributed by atoms with Crippen LogP contribution >= 0.6 is 0 Å². The number of aliphatic hydroxyl groups is 1. The lowest BCUT2D eigenvalue weighted by atomic mass is 9.98. The Labute approximate surface area is 170 Å². The molecule has 0 aliphatic carbocycles. The average Bonchev–Trinajstić information content (AvgIpc) is 3.34. The number of aliphatic hydroxyl groups excluding tert-OH is 1. The van der Waals surface area contributed by atoms with Crippen LogP contribution in [0, 0.1) is 0 Å². The maximum absolute atomic E-state index is 12.7. The van der Waals surface area contributed by atoms with Gasteiger partial charge < -0.3 is 19.9 Å². The highest BCUT2D eigenvalue weighted by molar-refractivity contribution is 5.87. The molecule has 29 heavy (non-hydrogen) atoms. The Balaban J connectivity index is 1.71. The van der Waals surface area contributed by atoms with Gasteiger partial charge in [-0.05, 0) is 38.0 Å². The van der Waals surface area contributed by atoms with E-state index in [2.05, 4.69) is 29.5 Å². The highest BCUT2D eigenvalue weighted by atomic mass is 16.3. The highest BCUT2D eigenvalue weighted by Gasteiger charge is 2.22. The fourth-order valence-corrected chi connectivity index (χ4v) is 3.93. The number of nitrogens with zero attached hydrogens (tertiary/aromatic N) is 5. The van der Waals surface area contributed by atoms with Crippen molar-refractivity contribution in [2.45, 2.75) is 45.3 Å². The maximum Gasteiger partial charge on any atom is 0.242 e. The Hall–Kier alpha value is -2.87. The van der Waals surface area contributed by atoms with E-state index in [9.17, 15) is 4.79 Å². The summed E-state index contributed by atoms with van der Waals surface area (Å²) in [7, 11) is 1.72. The summed E-state index contributed by atoms with van der Waals surface area (Å²) < 4.78 is 3.90. The smallest absolute Gasteiger partial charge is 0.242 e. The van der Waals surface area contributed by atoms with E-state index in [-0.39, 0.29) is 19.1 Å². The summed E-state index contributed by atoms with van der Waals surface area (Å²) in [4.78, 5) is 19.2. The maximum atomic E-state index is 12.7. The molecule has 8 heteroatoms. The van der Waals surface area contributed by atoms with Gasteiger partial charge in [-0.3, -0.25) is 9.48 Å². The molecule has 154 valence electrons. The van der Waals surface area contributed by atoms with Crippen molar-refractivity contribution in [1.82, 2.24) is 24.2 Å². The van der Waals surface area contributed by atoms with Crippen molar-refractivity contribution in [2.75, 3.05) is 25.5 Å². The Kier molecular flexibility index (Phi) is 5.53. The number of hydrogen-bond donors (Lipinski definition) is 2. The first-order valence-corrected chi connectivity index (χ1v) is 10.2. The van der Waals surface area contributed by atoms with Gasteiger partial charge in [0.1, 0.15) is 12.4 Å². The number of fused-ring (bicyclic) bond motifs is 3. The summed E-state index contributed by atoms with van der Waals surface area (Å²) >= 11 is 0. The number of hydrogen-bond acceptors (Lipinski definition) is 5. The molecule has 0 saturated carbocycles. The number of rotatable bonds is 7. The third-order valence-electron chi connectivity index (χ3n) is 5.61. The summed E-state index contributed by atoms with van der Waals surface area (Å²) in [6.45, 7) is 3.39. The van der Waals surface area contributed by atoms with E-state index >= 15 is 0 Å². The van der Waals surface area contributed by atoms with Crippen LogP contribution in [0.25, 0.3) is 11.0 Å². The Bertz CT molecular complexity index is 994. The largest absolute Gasteiger partial charge is 0.395 e. The standard InChI is InChI=1S/C21H28N6O2/c1-15-4-5-16-17(23-15)6-7-18-21(16)24-19(8-11-26-10-3-9-22-26)27(18)14-20(29)25(2)12-13-28/h3,6-7,9-10,15,23,28H,4-5,8,11-14H2,1-2H3/t15-/m0/s1. The van der Waals surface area contributed by atoms with E-state index in [4.69, 9.17) is 10.1 Å². The van der Waals surface area contributed by atoms with Crippen LogP contribution in [-0.4, -0.2) is 61.5 Å². The van der Waals surface area contributed by atoms with Gasteiger partial charge in [0.2, 0.25) is 5.91 Å². The van der Waals surface area contributed by atoms with E-state index in [0.717, 1.165) is 35.4 Å². The second-order valence-electron chi connectivity index (χ2n) is 7.72. The van der Waals surface area contributed by atoms with Gasteiger partial charge in [0.25, 0.3) is 0 Å². The molecule has 4 rings (SSSR count). The highest BCUT2D eigenvalue weighted by Crippen LogP contribution is 2.32. The average molecular weight is 396 g/mol. The second-order valence-corrected chi connectivity index (χ2v) is 7.72. The molecule has 0 unspecified atom stereocenters. The quantitative estimate of drug-likeness (QED) is 0.634. The molecular weight excluding hydrogens is 368 g/mol. The van der Waals surface area contributed by atoms with Crippen LogP contribution in [0.2, 0.25) is 0 Å². The van der Waals surface area contributed by atoms with Crippen LogP contribution in [0.3, 0.4) is 0 Å². The molecule has 0 radical (unpaired) electrons. The van der Waals surface area contributed by atoms with Gasteiger partial charge >= 0.3 is 0 Å². The number of anilines is 1. The summed E-state index contributed by atoms with van der Waals surface area (Å²) in [5, 5.41) is 17.0. The van der Waals surface area contributed by atoms with E-state index < -0.39 is 0 Å². The fourth-order valence-electron chi connectivity index (χ4n) is 3.93. The van der Waals surface area contributed by atoms with E-state index in [1.165, 1.54) is 5.56 Å². The number of likely N-dealkylation sites (N-methyl/N-ethyl adjacent to an activating group) is 1. The lowest BCUT2D eigenvalue weighted by Crippen LogP contribution is -2.33. The zero-order chi connectivity index (χ0) is 20.4. The fraction of sp³-hybridized carbons (Fsp3) is 0.476. The number of aromatic nitrogens is 4. The van der Waals surface area contributed by atoms with Crippen LogP contribution in [0.1, 0.15) is 24.7 Å². The predicted molar refractivity (Wildman–Crippen MR) is 112 cm³/mol. The van der Waals surface area contributed by atoms with Gasteiger partial charge in [-0.15, -0.1) is 0 Å². The number of carbonyl (C=O) groups is 1. The first-order valence-electron chi connectivity index (χ1n) is 10.2. The SMILES string of the molecule is C[C@H]1CCc2c(ccc3c2nc(CCn2cccn2)n3CC(=O)N(C)CCO)N1. The second kappa shape index (κ2) is 8.24. The third-order valence-corrected chi connectivity index (χ3v) is 5.61. The Morgan fingerprint density at radius 3 is 3.03 bits per heavy atom. The van der Waals surface area contributed by atoms with Gasteiger partial charge in [-0.1, -0.05) is 0 Å². The first-order chi connectivity index (χ1) is 14.1. The molecule has 0 bridgehead atoms. The molecule has 2 aromatic heterocycles. The minimum absolute atomic E-state index is 0.0387. The van der Waals surface area contributed by atoms with Crippen LogP contribution < -0.4 is 5.32 Å². The molecule has 3 aromatic rings. The number of aryl methyl sites for hydroxylation is 3. The van der Waals surface area contributed by atoms with Crippen LogP contribution in [0.4, 0.5) is 5.69 Å². The topological polar surface area (TPSA) is 88.2 Å². The summed E-state index contributed by atoms with van der Waals surface area (Å²) in [6.07, 6.45) is 6.43. The third kappa shape index (κ3) is 3.98. The van der Waals surface area contributed by atoms with Crippen molar-refractivity contribution in [3.05, 3.63) is 42.0 Å². The molecule has 8 nitrogen and oxygen atoms in total. The molecule has 0 spiro atoms. The molecule has 1 aromatic carbocycles. The molecule has 0 fully saturated rings. The van der Waals surface area contributed by atoms with Crippen molar-refractivity contribution >= 4 is 22.6 Å². The Morgan fingerprint density at radius 1 is 1.41 bits per heavy atom. The molecule has 1 aliphatic heterocycles. The number of benzene rings is 1. The monoisotopic (exact) mass is 396 g/mol. The lowest BCUT2D eigenvalue weighted by Gasteiger charge is -2.24. The zero-order valence-corrected chi connectivity index (χ0v) is 17.0. The number of nitrogens with one attached hydrogen (secondary N) is 1. The van der Waals surface area contributed by atoms with Crippen molar-refractivity contribution in [2.24, 2.45) is 0 Å². The van der Waals surface area contributed by atoms with Crippen molar-refractivity contribution in [3.63, 3.8) is 0 Å². The van der Waals surface area contributed by atoms with Crippen molar-refractivity contribution < 1.29 is 9.90 Å². The molecule has 1 atom stereocenters. The minimum Gasteiger partial charge on any atom is -0.395 e. The number of amides is 1. The van der Waals surface area contributed by atoms with Gasteiger partial charge in [0.05, 0.1) is 17.6 Å². The van der Waals surface area contributed by atoms with Crippen molar-refractivity contribution in [3.8, 4) is 0 Å². The van der Waals surface area contributed by atoms with Gasteiger partial charge in [0.15, 0.2) is 0 Å². The van der Waals surface area contributed by atoms with E-state index in [1.54, 1.807) is 18.1 Å². The molecule has 1 amide bonds. The molecule has 2 N–H and O–H groups in total. The molecule has 3 heterocycles. The number of imidazole rings is 1. The summed E-state index contributed by atoms with van der Waals surface area (Å²) in [5.74, 6) is 0.844. The normalized spacial score (nSPS) is 15.9. The van der Waals surface area contributed by atoms with Gasteiger partial charge in [-0.25, -0.2) is 4.98 Å². The van der Waals surface area contributed by atoms with Crippen molar-refractivity contribution in [1.29, 1.82) is 0 Å². The van der Waals surface area contributed by atoms with Gasteiger partial charge in [0, 0.05) is 56.2 Å². The van der Waals surface area contributed by atoms with Crippen LogP contribution in [0.5, 0.6) is 0 Å². The predicted octanol–water partition coefficient (Wildman–Crippen LogP) is 1.67. The summed E-state index contributed by atoms with van der Waals surface area (Å²) in [6, 6.07) is 6.52. The minimum atomic E-state index is -0.0452. The molecular formula is C21H28N6O2. The van der Waals surface area contributed by atoms with E-state index in [1.807, 2.05) is 21.5 Å². The Morgan fingerprint density at radius 2 is 2.28 bits per heavy atom. The lowest BCUT2D eigenvalue weighted by molar-refractivity contribution is -0.130. The van der Waals surface area contributed by atoms with Gasteiger partial charge in [-0.2, -0.15) is 5.10 Å². The van der Waals surface area contributed by atoms with Crippen LogP contribution in [-0.2, 0) is 30.7 Å². The van der Waals surface area contributed by atoms with E-state index in [0.29, 0.717) is 25.6 Å². The first kappa shape index (κ1) is 19.4. The molecule has 1 aliphatic rings. The summed E-state index contributed by atoms with van der Waals surface area (Å²) in [5.41, 5.74) is 4.34. The zero-order valence-electron chi connectivity index (χ0n) is 17.0.